The van der Waals surface area contributed by atoms with Crippen molar-refractivity contribution in [3.63, 3.8) is 0 Å². The number of benzene rings is 1. The summed E-state index contributed by atoms with van der Waals surface area (Å²) in [5.74, 6) is 2.58. The lowest BCUT2D eigenvalue weighted by atomic mass is 10.0. The Morgan fingerprint density at radius 1 is 1.22 bits per heavy atom. The van der Waals surface area contributed by atoms with E-state index in [0.717, 1.165) is 11.1 Å². The van der Waals surface area contributed by atoms with Crippen LogP contribution < -0.4 is 19.9 Å². The number of rotatable bonds is 2. The number of anilines is 1. The summed E-state index contributed by atoms with van der Waals surface area (Å²) < 4.78 is 16.1. The van der Waals surface area contributed by atoms with E-state index < -0.39 is 0 Å². The Hall–Kier alpha value is -2.43. The highest BCUT2D eigenvalue weighted by Gasteiger charge is 2.18. The van der Waals surface area contributed by atoms with Crippen molar-refractivity contribution in [2.24, 2.45) is 0 Å². The molecule has 0 radical (unpaired) electrons. The predicted octanol–water partition coefficient (Wildman–Crippen LogP) is 2.07. The van der Waals surface area contributed by atoms with Crippen LogP contribution in [-0.4, -0.2) is 18.9 Å². The van der Waals surface area contributed by atoms with E-state index in [2.05, 4.69) is 4.98 Å². The minimum atomic E-state index is 0.237. The summed E-state index contributed by atoms with van der Waals surface area (Å²) in [5.41, 5.74) is 7.52. The van der Waals surface area contributed by atoms with E-state index >= 15 is 0 Å². The van der Waals surface area contributed by atoms with E-state index in [1.54, 1.807) is 19.4 Å². The fourth-order valence-corrected chi connectivity index (χ4v) is 1.93. The average molecular weight is 244 g/mol. The maximum atomic E-state index is 5.69. The normalized spacial score (nSPS) is 12.5. The molecular formula is C13H12N2O3. The summed E-state index contributed by atoms with van der Waals surface area (Å²) in [5, 5.41) is 0. The molecule has 18 heavy (non-hydrogen) atoms. The molecule has 1 aliphatic heterocycles. The van der Waals surface area contributed by atoms with E-state index in [9.17, 15) is 0 Å². The Labute approximate surface area is 104 Å². The molecule has 5 nitrogen and oxygen atoms in total. The Bertz CT molecular complexity index is 599. The van der Waals surface area contributed by atoms with Gasteiger partial charge in [-0.2, -0.15) is 0 Å². The molecule has 1 aromatic carbocycles. The maximum Gasteiger partial charge on any atom is 0.231 e. The molecule has 0 saturated carbocycles. The minimum Gasteiger partial charge on any atom is -0.496 e. The first kappa shape index (κ1) is 10.7. The Morgan fingerprint density at radius 2 is 2.00 bits per heavy atom. The zero-order valence-corrected chi connectivity index (χ0v) is 9.84. The van der Waals surface area contributed by atoms with E-state index in [-0.39, 0.29) is 6.79 Å². The van der Waals surface area contributed by atoms with Crippen LogP contribution in [-0.2, 0) is 0 Å². The second kappa shape index (κ2) is 4.10. The lowest BCUT2D eigenvalue weighted by Crippen LogP contribution is -1.92. The second-order valence-electron chi connectivity index (χ2n) is 3.88. The molecule has 5 heteroatoms. The van der Waals surface area contributed by atoms with Crippen LogP contribution in [0.3, 0.4) is 0 Å². The lowest BCUT2D eigenvalue weighted by molar-refractivity contribution is 0.174. The quantitative estimate of drug-likeness (QED) is 0.875. The molecule has 0 atom stereocenters. The number of nitrogens with zero attached hydrogens (tertiary/aromatic N) is 1. The first-order valence-electron chi connectivity index (χ1n) is 5.47. The van der Waals surface area contributed by atoms with Gasteiger partial charge in [0.05, 0.1) is 7.11 Å². The molecule has 0 spiro atoms. The lowest BCUT2D eigenvalue weighted by Gasteiger charge is -2.10. The van der Waals surface area contributed by atoms with E-state index in [0.29, 0.717) is 23.1 Å². The second-order valence-corrected chi connectivity index (χ2v) is 3.88. The number of hydrogen-bond acceptors (Lipinski definition) is 5. The summed E-state index contributed by atoms with van der Waals surface area (Å²) >= 11 is 0. The van der Waals surface area contributed by atoms with Gasteiger partial charge in [0.2, 0.25) is 6.79 Å². The smallest absolute Gasteiger partial charge is 0.231 e. The van der Waals surface area contributed by atoms with Crippen molar-refractivity contribution in [2.45, 2.75) is 0 Å². The number of hydrogen-bond donors (Lipinski definition) is 1. The van der Waals surface area contributed by atoms with Gasteiger partial charge < -0.3 is 19.9 Å². The molecule has 0 bridgehead atoms. The van der Waals surface area contributed by atoms with Crippen LogP contribution in [0.1, 0.15) is 0 Å². The predicted molar refractivity (Wildman–Crippen MR) is 66.8 cm³/mol. The number of nitrogens with two attached hydrogens (primary N) is 1. The molecule has 0 unspecified atom stereocenters. The molecule has 0 amide bonds. The van der Waals surface area contributed by atoms with Crippen molar-refractivity contribution < 1.29 is 14.2 Å². The number of pyridine rings is 1. The highest BCUT2D eigenvalue weighted by Crippen LogP contribution is 2.42. The molecule has 2 N–H and O–H groups in total. The largest absolute Gasteiger partial charge is 0.496 e. The van der Waals surface area contributed by atoms with Gasteiger partial charge in [-0.05, 0) is 23.8 Å². The summed E-state index contributed by atoms with van der Waals surface area (Å²) in [6.45, 7) is 0.237. The van der Waals surface area contributed by atoms with Gasteiger partial charge in [0.25, 0.3) is 0 Å². The summed E-state index contributed by atoms with van der Waals surface area (Å²) in [6.07, 6.45) is 1.66. The van der Waals surface area contributed by atoms with Crippen molar-refractivity contribution in [3.05, 3.63) is 30.5 Å². The van der Waals surface area contributed by atoms with Crippen LogP contribution in [0.25, 0.3) is 11.1 Å². The van der Waals surface area contributed by atoms with Crippen LogP contribution >= 0.6 is 0 Å². The van der Waals surface area contributed by atoms with E-state index in [1.807, 2.05) is 18.2 Å². The van der Waals surface area contributed by atoms with Crippen LogP contribution in [0.2, 0.25) is 0 Å². The van der Waals surface area contributed by atoms with E-state index in [4.69, 9.17) is 19.9 Å². The number of fused-ring (bicyclic) bond motifs is 1. The fourth-order valence-electron chi connectivity index (χ4n) is 1.93. The standard InChI is InChI=1S/C13H12N2O3/c1-16-10-6-12-11(17-7-18-12)5-9(10)8-2-3-15-13(14)4-8/h2-6H,7H2,1H3,(H2,14,15). The molecule has 1 aliphatic rings. The number of ether oxygens (including phenoxy) is 3. The van der Waals surface area contributed by atoms with Crippen LogP contribution in [0, 0.1) is 0 Å². The van der Waals surface area contributed by atoms with Crippen molar-refractivity contribution in [1.82, 2.24) is 4.98 Å². The SMILES string of the molecule is COc1cc2c(cc1-c1ccnc(N)c1)OCO2. The topological polar surface area (TPSA) is 66.6 Å². The molecule has 2 heterocycles. The van der Waals surface area contributed by atoms with Crippen molar-refractivity contribution >= 4 is 5.82 Å². The zero-order chi connectivity index (χ0) is 12.5. The molecule has 0 aliphatic carbocycles. The van der Waals surface area contributed by atoms with Gasteiger partial charge in [-0.25, -0.2) is 4.98 Å². The maximum absolute atomic E-state index is 5.69. The highest BCUT2D eigenvalue weighted by atomic mass is 16.7. The van der Waals surface area contributed by atoms with Crippen molar-refractivity contribution in [3.8, 4) is 28.4 Å². The highest BCUT2D eigenvalue weighted by molar-refractivity contribution is 5.75. The van der Waals surface area contributed by atoms with Crippen molar-refractivity contribution in [2.75, 3.05) is 19.6 Å². The molecule has 0 saturated heterocycles. The number of nitrogen functional groups attached to an aromatic ring is 1. The van der Waals surface area contributed by atoms with Crippen LogP contribution in [0.5, 0.6) is 17.2 Å². The third-order valence-corrected chi connectivity index (χ3v) is 2.79. The monoisotopic (exact) mass is 244 g/mol. The van der Waals surface area contributed by atoms with Crippen LogP contribution in [0.4, 0.5) is 5.82 Å². The third-order valence-electron chi connectivity index (χ3n) is 2.79. The van der Waals surface area contributed by atoms with E-state index in [1.165, 1.54) is 0 Å². The van der Waals surface area contributed by atoms with Gasteiger partial charge >= 0.3 is 0 Å². The molecule has 1 aromatic heterocycles. The molecule has 3 rings (SSSR count). The Kier molecular flexibility index (Phi) is 2.44. The molecule has 2 aromatic rings. The first-order chi connectivity index (χ1) is 8.78. The van der Waals surface area contributed by atoms with Gasteiger partial charge in [-0.1, -0.05) is 0 Å². The van der Waals surface area contributed by atoms with Crippen LogP contribution in [0.15, 0.2) is 30.5 Å². The molecular weight excluding hydrogens is 232 g/mol. The van der Waals surface area contributed by atoms with Gasteiger partial charge in [0.15, 0.2) is 11.5 Å². The van der Waals surface area contributed by atoms with Gasteiger partial charge in [-0.3, -0.25) is 0 Å². The zero-order valence-electron chi connectivity index (χ0n) is 9.84. The minimum absolute atomic E-state index is 0.237. The van der Waals surface area contributed by atoms with Gasteiger partial charge in [0, 0.05) is 17.8 Å². The Morgan fingerprint density at radius 3 is 2.72 bits per heavy atom. The summed E-state index contributed by atoms with van der Waals surface area (Å²) in [7, 11) is 1.62. The number of aromatic nitrogens is 1. The summed E-state index contributed by atoms with van der Waals surface area (Å²) in [6, 6.07) is 7.36. The molecule has 92 valence electrons. The summed E-state index contributed by atoms with van der Waals surface area (Å²) in [4.78, 5) is 3.97. The first-order valence-corrected chi connectivity index (χ1v) is 5.47. The average Bonchev–Trinajstić information content (AvgIpc) is 2.84. The number of methoxy groups -OCH3 is 1. The Balaban J connectivity index is 2.16. The molecule has 0 fully saturated rings. The van der Waals surface area contributed by atoms with Gasteiger partial charge in [0.1, 0.15) is 11.6 Å². The van der Waals surface area contributed by atoms with Crippen molar-refractivity contribution in [1.29, 1.82) is 0 Å². The fraction of sp³-hybridized carbons (Fsp3) is 0.154. The third kappa shape index (κ3) is 1.69. The van der Waals surface area contributed by atoms with Gasteiger partial charge in [-0.15, -0.1) is 0 Å².